The van der Waals surface area contributed by atoms with Crippen molar-refractivity contribution in [2.45, 2.75) is 43.3 Å². The van der Waals surface area contributed by atoms with Gasteiger partial charge in [0.1, 0.15) is 0 Å². The third kappa shape index (κ3) is 4.79. The largest absolute Gasteiger partial charge is 0.435 e. The molecule has 1 saturated carbocycles. The van der Waals surface area contributed by atoms with E-state index in [2.05, 4.69) is 27.0 Å². The molecule has 1 aromatic rings. The first kappa shape index (κ1) is 18.0. The van der Waals surface area contributed by atoms with Crippen LogP contribution in [0.15, 0.2) is 11.2 Å². The molecule has 1 fully saturated rings. The molecule has 5 nitrogen and oxygen atoms in total. The zero-order valence-corrected chi connectivity index (χ0v) is 14.3. The van der Waals surface area contributed by atoms with Gasteiger partial charge in [0.15, 0.2) is 11.7 Å². The Hall–Kier alpha value is -1.38. The summed E-state index contributed by atoms with van der Waals surface area (Å²) in [5.74, 6) is 0.522. The van der Waals surface area contributed by atoms with E-state index in [1.165, 1.54) is 17.9 Å². The Labute approximate surface area is 138 Å². The van der Waals surface area contributed by atoms with Crippen LogP contribution in [-0.2, 0) is 19.8 Å². The molecule has 1 aliphatic carbocycles. The maximum atomic E-state index is 12.9. The van der Waals surface area contributed by atoms with Crippen LogP contribution in [0, 0.1) is 0 Å². The first-order valence-electron chi connectivity index (χ1n) is 7.43. The number of aliphatic imine (C=N–C) groups is 1. The van der Waals surface area contributed by atoms with E-state index in [9.17, 15) is 13.2 Å². The average Bonchev–Trinajstić information content (AvgIpc) is 3.09. The van der Waals surface area contributed by atoms with Crippen molar-refractivity contribution in [3.05, 3.63) is 17.5 Å². The smallest absolute Gasteiger partial charge is 0.354 e. The molecule has 1 aliphatic rings. The molecule has 23 heavy (non-hydrogen) atoms. The van der Waals surface area contributed by atoms with Crippen LogP contribution in [0.3, 0.4) is 0 Å². The predicted octanol–water partition coefficient (Wildman–Crippen LogP) is 2.39. The molecule has 130 valence electrons. The fourth-order valence-electron chi connectivity index (χ4n) is 2.76. The van der Waals surface area contributed by atoms with E-state index in [0.29, 0.717) is 17.3 Å². The van der Waals surface area contributed by atoms with Crippen molar-refractivity contribution in [2.24, 2.45) is 12.0 Å². The molecule has 0 saturated heterocycles. The summed E-state index contributed by atoms with van der Waals surface area (Å²) in [7, 11) is 3.09. The molecule has 0 aliphatic heterocycles. The Morgan fingerprint density at radius 2 is 2.22 bits per heavy atom. The number of nitrogens with one attached hydrogen (secondary N) is 2. The van der Waals surface area contributed by atoms with Gasteiger partial charge in [-0.15, -0.1) is 0 Å². The number of halogens is 3. The molecule has 0 aromatic carbocycles. The van der Waals surface area contributed by atoms with Gasteiger partial charge in [-0.3, -0.25) is 9.67 Å². The number of guanidine groups is 1. The van der Waals surface area contributed by atoms with Crippen LogP contribution in [0.5, 0.6) is 0 Å². The minimum absolute atomic E-state index is 0.0288. The van der Waals surface area contributed by atoms with Crippen LogP contribution >= 0.6 is 11.8 Å². The van der Waals surface area contributed by atoms with E-state index in [1.54, 1.807) is 7.05 Å². The number of nitrogens with zero attached hydrogens (tertiary/aromatic N) is 3. The molecule has 2 rings (SSSR count). The predicted molar refractivity (Wildman–Crippen MR) is 86.5 cm³/mol. The number of thioether (sulfide) groups is 1. The van der Waals surface area contributed by atoms with Crippen LogP contribution in [0.1, 0.15) is 30.5 Å². The summed E-state index contributed by atoms with van der Waals surface area (Å²) in [5, 5.41) is 10.4. The van der Waals surface area contributed by atoms with Gasteiger partial charge in [-0.1, -0.05) is 0 Å². The van der Waals surface area contributed by atoms with Crippen molar-refractivity contribution >= 4 is 17.7 Å². The lowest BCUT2D eigenvalue weighted by Crippen LogP contribution is -2.42. The van der Waals surface area contributed by atoms with Crippen LogP contribution in [0.25, 0.3) is 0 Å². The topological polar surface area (TPSA) is 54.2 Å². The lowest BCUT2D eigenvalue weighted by atomic mass is 10.2. The van der Waals surface area contributed by atoms with Gasteiger partial charge >= 0.3 is 6.18 Å². The minimum atomic E-state index is -4.45. The number of hydrogen-bond acceptors (Lipinski definition) is 3. The zero-order valence-electron chi connectivity index (χ0n) is 13.4. The zero-order chi connectivity index (χ0) is 17.0. The monoisotopic (exact) mass is 349 g/mol. The lowest BCUT2D eigenvalue weighted by molar-refractivity contribution is -0.142. The maximum absolute atomic E-state index is 12.9. The van der Waals surface area contributed by atoms with E-state index in [4.69, 9.17) is 0 Å². The number of rotatable bonds is 4. The molecule has 0 amide bonds. The quantitative estimate of drug-likeness (QED) is 0.647. The summed E-state index contributed by atoms with van der Waals surface area (Å²) in [6.07, 6.45) is 2.27. The molecule has 9 heteroatoms. The van der Waals surface area contributed by atoms with Crippen LogP contribution in [-0.4, -0.2) is 40.3 Å². The van der Waals surface area contributed by atoms with Crippen molar-refractivity contribution < 1.29 is 13.2 Å². The van der Waals surface area contributed by atoms with Gasteiger partial charge in [0.25, 0.3) is 0 Å². The first-order valence-corrected chi connectivity index (χ1v) is 8.72. The van der Waals surface area contributed by atoms with Crippen LogP contribution in [0.2, 0.25) is 0 Å². The van der Waals surface area contributed by atoms with Gasteiger partial charge in [-0.2, -0.15) is 30.0 Å². The number of aryl methyl sites for hydroxylation is 1. The standard InChI is InChI=1S/C14H22F3N5S/c1-18-13(20-10-4-5-11(6-10)23-3)19-7-9-8-22(2)21-12(9)14(15,16)17/h8,10-11H,4-7H2,1-3H3,(H2,18,19,20). The molecule has 1 heterocycles. The Morgan fingerprint density at radius 3 is 2.78 bits per heavy atom. The van der Waals surface area contributed by atoms with E-state index in [0.717, 1.165) is 19.3 Å². The van der Waals surface area contributed by atoms with E-state index >= 15 is 0 Å². The summed E-state index contributed by atoms with van der Waals surface area (Å²) in [6.45, 7) is 0.0288. The second kappa shape index (κ2) is 7.46. The highest BCUT2D eigenvalue weighted by atomic mass is 32.2. The van der Waals surface area contributed by atoms with Gasteiger partial charge in [0.05, 0.1) is 0 Å². The maximum Gasteiger partial charge on any atom is 0.435 e. The molecule has 1 aromatic heterocycles. The normalized spacial score (nSPS) is 22.4. The highest BCUT2D eigenvalue weighted by molar-refractivity contribution is 7.99. The summed E-state index contributed by atoms with van der Waals surface area (Å²) < 4.78 is 40.0. The Kier molecular flexibility index (Phi) is 5.83. The van der Waals surface area contributed by atoms with Crippen molar-refractivity contribution in [1.29, 1.82) is 0 Å². The molecule has 2 N–H and O–H groups in total. The molecule has 0 bridgehead atoms. The van der Waals surface area contributed by atoms with E-state index in [-0.39, 0.29) is 12.1 Å². The van der Waals surface area contributed by atoms with Crippen LogP contribution in [0.4, 0.5) is 13.2 Å². The highest BCUT2D eigenvalue weighted by Gasteiger charge is 2.36. The van der Waals surface area contributed by atoms with Crippen molar-refractivity contribution in [1.82, 2.24) is 20.4 Å². The fraction of sp³-hybridized carbons (Fsp3) is 0.714. The summed E-state index contributed by atoms with van der Waals surface area (Å²) in [6, 6.07) is 0.314. The van der Waals surface area contributed by atoms with Crippen molar-refractivity contribution in [3.63, 3.8) is 0 Å². The second-order valence-corrected chi connectivity index (χ2v) is 6.75. The first-order chi connectivity index (χ1) is 10.8. The van der Waals surface area contributed by atoms with Crippen molar-refractivity contribution in [2.75, 3.05) is 13.3 Å². The molecule has 2 unspecified atom stereocenters. The molecule has 0 spiro atoms. The van der Waals surface area contributed by atoms with E-state index in [1.807, 2.05) is 11.8 Å². The number of alkyl halides is 3. The summed E-state index contributed by atoms with van der Waals surface area (Å²) in [5.41, 5.74) is -0.748. The molecular weight excluding hydrogens is 327 g/mol. The van der Waals surface area contributed by atoms with Gasteiger partial charge < -0.3 is 10.6 Å². The van der Waals surface area contributed by atoms with Gasteiger partial charge in [0.2, 0.25) is 0 Å². The van der Waals surface area contributed by atoms with Gasteiger partial charge in [-0.25, -0.2) is 0 Å². The fourth-order valence-corrected chi connectivity index (χ4v) is 3.55. The second-order valence-electron chi connectivity index (χ2n) is 5.61. The lowest BCUT2D eigenvalue weighted by Gasteiger charge is -2.17. The Morgan fingerprint density at radius 1 is 1.48 bits per heavy atom. The SMILES string of the molecule is CN=C(NCc1cn(C)nc1C(F)(F)F)NC1CCC(SC)C1. The third-order valence-corrected chi connectivity index (χ3v) is 5.00. The number of hydrogen-bond donors (Lipinski definition) is 2. The van der Waals surface area contributed by atoms with Gasteiger partial charge in [0, 0.05) is 43.7 Å². The average molecular weight is 349 g/mol. The molecule has 0 radical (unpaired) electrons. The van der Waals surface area contributed by atoms with Gasteiger partial charge in [-0.05, 0) is 25.5 Å². The van der Waals surface area contributed by atoms with Crippen LogP contribution < -0.4 is 10.6 Å². The summed E-state index contributed by atoms with van der Waals surface area (Å²) in [4.78, 5) is 4.10. The third-order valence-electron chi connectivity index (χ3n) is 3.90. The van der Waals surface area contributed by atoms with Crippen molar-refractivity contribution in [3.8, 4) is 0 Å². The minimum Gasteiger partial charge on any atom is -0.354 e. The highest BCUT2D eigenvalue weighted by Crippen LogP contribution is 2.30. The van der Waals surface area contributed by atoms with E-state index < -0.39 is 11.9 Å². The number of aromatic nitrogens is 2. The molecule has 2 atom stereocenters. The summed E-state index contributed by atoms with van der Waals surface area (Å²) >= 11 is 1.85. The molecular formula is C14H22F3N5S. The Balaban J connectivity index is 1.94. The Bertz CT molecular complexity index is 555.